The molecule has 0 saturated heterocycles. The van der Waals surface area contributed by atoms with Crippen LogP contribution in [-0.4, -0.2) is 16.1 Å². The summed E-state index contributed by atoms with van der Waals surface area (Å²) < 4.78 is 5.73. The van der Waals surface area contributed by atoms with Gasteiger partial charge in [0.1, 0.15) is 6.10 Å². The van der Waals surface area contributed by atoms with Crippen LogP contribution in [-0.2, 0) is 0 Å². The van der Waals surface area contributed by atoms with Crippen molar-refractivity contribution in [2.24, 2.45) is 5.41 Å². The molecule has 0 atom stereocenters. The Kier molecular flexibility index (Phi) is 2.99. The number of rotatable bonds is 2. The first-order valence-electron chi connectivity index (χ1n) is 5.79. The minimum Gasteiger partial charge on any atom is -0.460 e. The predicted octanol–water partition coefficient (Wildman–Crippen LogP) is 2.41. The molecule has 1 aliphatic rings. The molecular weight excluding hydrogens is 202 g/mol. The van der Waals surface area contributed by atoms with E-state index in [0.717, 1.165) is 12.8 Å². The van der Waals surface area contributed by atoms with Gasteiger partial charge in [-0.15, -0.1) is 0 Å². The lowest BCUT2D eigenvalue weighted by Crippen LogP contribution is -2.28. The minimum atomic E-state index is 0.261. The van der Waals surface area contributed by atoms with Gasteiger partial charge in [0.05, 0.1) is 18.1 Å². The van der Waals surface area contributed by atoms with E-state index < -0.39 is 0 Å². The van der Waals surface area contributed by atoms with Crippen molar-refractivity contribution in [1.82, 2.24) is 9.97 Å². The molecule has 1 aromatic heterocycles. The highest BCUT2D eigenvalue weighted by molar-refractivity contribution is 5.30. The molecule has 88 valence electrons. The molecule has 1 heterocycles. The van der Waals surface area contributed by atoms with Gasteiger partial charge in [0.15, 0.2) is 0 Å². The van der Waals surface area contributed by atoms with Crippen LogP contribution < -0.4 is 10.5 Å². The quantitative estimate of drug-likeness (QED) is 0.833. The Labute approximate surface area is 96.2 Å². The van der Waals surface area contributed by atoms with Crippen molar-refractivity contribution in [3.63, 3.8) is 0 Å². The lowest BCUT2D eigenvalue weighted by atomic mass is 9.76. The van der Waals surface area contributed by atoms with E-state index in [0.29, 0.717) is 17.1 Å². The molecule has 0 bridgehead atoms. The average Bonchev–Trinajstić information content (AvgIpc) is 2.24. The van der Waals surface area contributed by atoms with Crippen LogP contribution in [0.2, 0.25) is 0 Å². The summed E-state index contributed by atoms with van der Waals surface area (Å²) in [5.74, 6) is 0. The molecule has 0 aliphatic heterocycles. The van der Waals surface area contributed by atoms with E-state index >= 15 is 0 Å². The highest BCUT2D eigenvalue weighted by Gasteiger charge is 2.28. The number of nitrogens with zero attached hydrogens (tertiary/aromatic N) is 2. The minimum absolute atomic E-state index is 0.261. The van der Waals surface area contributed by atoms with Crippen LogP contribution >= 0.6 is 0 Å². The van der Waals surface area contributed by atoms with E-state index in [9.17, 15) is 0 Å². The van der Waals surface area contributed by atoms with Crippen molar-refractivity contribution in [2.45, 2.75) is 45.6 Å². The van der Waals surface area contributed by atoms with Gasteiger partial charge in [-0.1, -0.05) is 13.8 Å². The van der Waals surface area contributed by atoms with E-state index in [2.05, 4.69) is 23.8 Å². The fourth-order valence-corrected chi connectivity index (χ4v) is 2.03. The van der Waals surface area contributed by atoms with Crippen LogP contribution in [0, 0.1) is 5.41 Å². The first-order chi connectivity index (χ1) is 7.55. The Morgan fingerprint density at radius 3 is 2.38 bits per heavy atom. The Hall–Kier alpha value is -1.32. The van der Waals surface area contributed by atoms with Gasteiger partial charge in [-0.05, 0) is 31.1 Å². The predicted molar refractivity (Wildman–Crippen MR) is 63.1 cm³/mol. The monoisotopic (exact) mass is 221 g/mol. The van der Waals surface area contributed by atoms with Crippen molar-refractivity contribution in [2.75, 3.05) is 5.73 Å². The van der Waals surface area contributed by atoms with E-state index in [1.54, 1.807) is 12.4 Å². The molecule has 1 aliphatic carbocycles. The van der Waals surface area contributed by atoms with Crippen molar-refractivity contribution < 1.29 is 4.74 Å². The van der Waals surface area contributed by atoms with Crippen molar-refractivity contribution in [3.05, 3.63) is 12.4 Å². The average molecular weight is 221 g/mol. The fourth-order valence-electron chi connectivity index (χ4n) is 2.03. The van der Waals surface area contributed by atoms with Crippen molar-refractivity contribution in [1.29, 1.82) is 0 Å². The number of hydrogen-bond donors (Lipinski definition) is 1. The normalized spacial score (nSPS) is 20.6. The third-order valence-corrected chi connectivity index (χ3v) is 3.21. The molecule has 0 unspecified atom stereocenters. The van der Waals surface area contributed by atoms with Gasteiger partial charge < -0.3 is 10.5 Å². The summed E-state index contributed by atoms with van der Waals surface area (Å²) in [5.41, 5.74) is 6.54. The zero-order valence-corrected chi connectivity index (χ0v) is 9.94. The summed E-state index contributed by atoms with van der Waals surface area (Å²) in [6.07, 6.45) is 7.99. The molecule has 16 heavy (non-hydrogen) atoms. The Morgan fingerprint density at radius 1 is 1.25 bits per heavy atom. The van der Waals surface area contributed by atoms with E-state index in [4.69, 9.17) is 10.5 Å². The second kappa shape index (κ2) is 4.28. The van der Waals surface area contributed by atoms with Crippen molar-refractivity contribution in [3.8, 4) is 6.01 Å². The molecular formula is C12H19N3O. The van der Waals surface area contributed by atoms with Crippen molar-refractivity contribution >= 4 is 5.69 Å². The molecule has 1 fully saturated rings. The topological polar surface area (TPSA) is 61.0 Å². The summed E-state index contributed by atoms with van der Waals surface area (Å²) in [6, 6.07) is 0.443. The second-order valence-electron chi connectivity index (χ2n) is 5.28. The first kappa shape index (κ1) is 11.2. The highest BCUT2D eigenvalue weighted by atomic mass is 16.5. The maximum atomic E-state index is 5.73. The molecule has 2 rings (SSSR count). The molecule has 4 heteroatoms. The zero-order chi connectivity index (χ0) is 11.6. The molecule has 4 nitrogen and oxygen atoms in total. The standard InChI is InChI=1S/C12H19N3O/c1-12(2)5-3-10(4-6-12)16-11-14-7-9(13)8-15-11/h7-8,10H,3-6,13H2,1-2H3. The first-order valence-corrected chi connectivity index (χ1v) is 5.79. The van der Waals surface area contributed by atoms with E-state index in [1.165, 1.54) is 12.8 Å². The third-order valence-electron chi connectivity index (χ3n) is 3.21. The maximum absolute atomic E-state index is 5.73. The summed E-state index contributed by atoms with van der Waals surface area (Å²) in [7, 11) is 0. The number of anilines is 1. The van der Waals surface area contributed by atoms with Gasteiger partial charge in [0.25, 0.3) is 0 Å². The molecule has 0 spiro atoms. The smallest absolute Gasteiger partial charge is 0.316 e. The summed E-state index contributed by atoms with van der Waals surface area (Å²) in [4.78, 5) is 8.10. The maximum Gasteiger partial charge on any atom is 0.316 e. The van der Waals surface area contributed by atoms with E-state index in [-0.39, 0.29) is 6.10 Å². The number of ether oxygens (including phenoxy) is 1. The number of nitrogens with two attached hydrogens (primary N) is 1. The number of aromatic nitrogens is 2. The van der Waals surface area contributed by atoms with Crippen LogP contribution in [0.15, 0.2) is 12.4 Å². The molecule has 2 N–H and O–H groups in total. The van der Waals surface area contributed by atoms with Gasteiger partial charge in [-0.3, -0.25) is 0 Å². The molecule has 1 aromatic rings. The molecule has 0 radical (unpaired) electrons. The largest absolute Gasteiger partial charge is 0.460 e. The van der Waals surface area contributed by atoms with Gasteiger partial charge in [-0.25, -0.2) is 9.97 Å². The lowest BCUT2D eigenvalue weighted by molar-refractivity contribution is 0.0907. The molecule has 0 aromatic carbocycles. The third kappa shape index (κ3) is 2.84. The van der Waals surface area contributed by atoms with Crippen LogP contribution in [0.3, 0.4) is 0 Å². The van der Waals surface area contributed by atoms with Gasteiger partial charge in [0.2, 0.25) is 0 Å². The number of hydrogen-bond acceptors (Lipinski definition) is 4. The fraction of sp³-hybridized carbons (Fsp3) is 0.667. The van der Waals surface area contributed by atoms with Gasteiger partial charge >= 0.3 is 6.01 Å². The summed E-state index contributed by atoms with van der Waals surface area (Å²) in [5, 5.41) is 0. The van der Waals surface area contributed by atoms with Gasteiger partial charge in [-0.2, -0.15) is 0 Å². The Morgan fingerprint density at radius 2 is 1.81 bits per heavy atom. The zero-order valence-electron chi connectivity index (χ0n) is 9.94. The SMILES string of the molecule is CC1(C)CCC(Oc2ncc(N)cn2)CC1. The summed E-state index contributed by atoms with van der Waals surface area (Å²) in [6.45, 7) is 4.62. The highest BCUT2D eigenvalue weighted by Crippen LogP contribution is 2.36. The van der Waals surface area contributed by atoms with E-state index in [1.807, 2.05) is 0 Å². The second-order valence-corrected chi connectivity index (χ2v) is 5.28. The van der Waals surface area contributed by atoms with Crippen LogP contribution in [0.4, 0.5) is 5.69 Å². The summed E-state index contributed by atoms with van der Waals surface area (Å²) >= 11 is 0. The van der Waals surface area contributed by atoms with Crippen LogP contribution in [0.25, 0.3) is 0 Å². The van der Waals surface area contributed by atoms with Gasteiger partial charge in [0, 0.05) is 0 Å². The number of nitrogen functional groups attached to an aromatic ring is 1. The lowest BCUT2D eigenvalue weighted by Gasteiger charge is -2.33. The van der Waals surface area contributed by atoms with Crippen LogP contribution in [0.5, 0.6) is 6.01 Å². The molecule has 0 amide bonds. The Bertz CT molecular complexity index is 338. The van der Waals surface area contributed by atoms with Crippen LogP contribution in [0.1, 0.15) is 39.5 Å². The Balaban J connectivity index is 1.89. The molecule has 1 saturated carbocycles.